The van der Waals surface area contributed by atoms with Gasteiger partial charge in [0.2, 0.25) is 0 Å². The van der Waals surface area contributed by atoms with Gasteiger partial charge in [0.1, 0.15) is 23.7 Å². The topological polar surface area (TPSA) is 87.1 Å². The molecule has 0 saturated carbocycles. The molecule has 2 aromatic rings. The number of phenolic OH excluding ortho intramolecular Hbond substituents is 1. The highest BCUT2D eigenvalue weighted by atomic mass is 32.2. The Morgan fingerprint density at radius 2 is 1.78 bits per heavy atom. The highest BCUT2D eigenvalue weighted by Gasteiger charge is 2.30. The minimum atomic E-state index is -3.43. The third-order valence-corrected chi connectivity index (χ3v) is 6.50. The molecule has 2 atom stereocenters. The number of benzene rings is 2. The van der Waals surface area contributed by atoms with Gasteiger partial charge >= 0.3 is 0 Å². The van der Waals surface area contributed by atoms with E-state index in [0.717, 1.165) is 11.3 Å². The molecule has 2 N–H and O–H groups in total. The Kier molecular flexibility index (Phi) is 6.04. The van der Waals surface area contributed by atoms with Gasteiger partial charge in [0.15, 0.2) is 9.84 Å². The number of piperidine rings is 1. The van der Waals surface area contributed by atoms with Crippen molar-refractivity contribution in [3.63, 3.8) is 0 Å². The van der Waals surface area contributed by atoms with E-state index in [0.29, 0.717) is 26.1 Å². The summed E-state index contributed by atoms with van der Waals surface area (Å²) < 4.78 is 30.7. The Morgan fingerprint density at radius 1 is 1.11 bits per heavy atom. The monoisotopic (exact) mass is 391 g/mol. The summed E-state index contributed by atoms with van der Waals surface area (Å²) in [7, 11) is -3.43. The van der Waals surface area contributed by atoms with Gasteiger partial charge in [-0.3, -0.25) is 4.90 Å². The van der Waals surface area contributed by atoms with Crippen molar-refractivity contribution in [1.82, 2.24) is 4.90 Å². The smallest absolute Gasteiger partial charge is 0.179 e. The number of sulfone groups is 1. The van der Waals surface area contributed by atoms with Crippen molar-refractivity contribution >= 4 is 9.84 Å². The fraction of sp³-hybridized carbons (Fsp3) is 0.400. The zero-order chi connectivity index (χ0) is 19.4. The number of phenols is 1. The predicted octanol–water partition coefficient (Wildman–Crippen LogP) is 1.99. The van der Waals surface area contributed by atoms with Crippen LogP contribution in [0.4, 0.5) is 0 Å². The molecule has 0 amide bonds. The Balaban J connectivity index is 1.52. The predicted molar refractivity (Wildman–Crippen MR) is 103 cm³/mol. The number of aromatic hydroxyl groups is 1. The fourth-order valence-electron chi connectivity index (χ4n) is 3.13. The Bertz CT molecular complexity index is 849. The number of hydrogen-bond donors (Lipinski definition) is 2. The van der Waals surface area contributed by atoms with Crippen molar-refractivity contribution in [2.75, 3.05) is 25.4 Å². The van der Waals surface area contributed by atoms with Crippen LogP contribution in [-0.4, -0.2) is 61.1 Å². The fourth-order valence-corrected chi connectivity index (χ4v) is 4.41. The number of rotatable bonds is 6. The molecule has 0 aliphatic carbocycles. The lowest BCUT2D eigenvalue weighted by Crippen LogP contribution is -2.50. The molecule has 2 aromatic carbocycles. The van der Waals surface area contributed by atoms with E-state index in [1.54, 1.807) is 0 Å². The summed E-state index contributed by atoms with van der Waals surface area (Å²) in [5.74, 6) is 0.731. The van der Waals surface area contributed by atoms with Gasteiger partial charge in [0, 0.05) is 19.6 Å². The first-order chi connectivity index (χ1) is 12.8. The van der Waals surface area contributed by atoms with Gasteiger partial charge in [-0.2, -0.15) is 0 Å². The van der Waals surface area contributed by atoms with Gasteiger partial charge < -0.3 is 14.9 Å². The number of nitrogens with zero attached hydrogens (tertiary/aromatic N) is 1. The van der Waals surface area contributed by atoms with Crippen molar-refractivity contribution in [3.8, 4) is 11.5 Å². The van der Waals surface area contributed by atoms with Crippen LogP contribution in [0.3, 0.4) is 0 Å². The standard InChI is InChI=1S/C20H25NO5S/c1-15-2-6-17(7-3-15)26-20-10-11-21(14-19(20)23)12-13-27(24,25)18-8-4-16(22)5-9-18/h2-9,19-20,22-23H,10-14H2,1H3. The summed E-state index contributed by atoms with van der Waals surface area (Å²) in [6, 6.07) is 13.2. The van der Waals surface area contributed by atoms with Gasteiger partial charge in [-0.25, -0.2) is 8.42 Å². The molecule has 1 heterocycles. The molecule has 1 saturated heterocycles. The summed E-state index contributed by atoms with van der Waals surface area (Å²) in [5, 5.41) is 19.7. The lowest BCUT2D eigenvalue weighted by Gasteiger charge is -2.35. The van der Waals surface area contributed by atoms with Crippen LogP contribution in [0.15, 0.2) is 53.4 Å². The number of β-amino-alcohol motifs (C(OH)–C–C–N with tert-alkyl or cyclic N) is 1. The SMILES string of the molecule is Cc1ccc(OC2CCN(CCS(=O)(=O)c3ccc(O)cc3)CC2O)cc1. The second-order valence-electron chi connectivity index (χ2n) is 6.94. The second-order valence-corrected chi connectivity index (χ2v) is 9.05. The van der Waals surface area contributed by atoms with Gasteiger partial charge in [0.25, 0.3) is 0 Å². The van der Waals surface area contributed by atoms with Crippen LogP contribution in [0.1, 0.15) is 12.0 Å². The number of aliphatic hydroxyl groups excluding tert-OH is 1. The van der Waals surface area contributed by atoms with Crippen molar-refractivity contribution in [2.24, 2.45) is 0 Å². The molecule has 0 spiro atoms. The normalized spacial score (nSPS) is 21.1. The average molecular weight is 391 g/mol. The van der Waals surface area contributed by atoms with E-state index in [1.807, 2.05) is 36.1 Å². The molecule has 27 heavy (non-hydrogen) atoms. The summed E-state index contributed by atoms with van der Waals surface area (Å²) in [5.41, 5.74) is 1.15. The maximum atomic E-state index is 12.4. The van der Waals surface area contributed by atoms with E-state index in [9.17, 15) is 18.6 Å². The number of ether oxygens (including phenoxy) is 1. The Morgan fingerprint density at radius 3 is 2.41 bits per heavy atom. The first-order valence-corrected chi connectivity index (χ1v) is 10.6. The van der Waals surface area contributed by atoms with Gasteiger partial charge in [-0.1, -0.05) is 17.7 Å². The molecule has 1 aliphatic heterocycles. The molecule has 7 heteroatoms. The van der Waals surface area contributed by atoms with E-state index in [1.165, 1.54) is 24.3 Å². The minimum Gasteiger partial charge on any atom is -0.508 e. The van der Waals surface area contributed by atoms with Crippen LogP contribution in [0.25, 0.3) is 0 Å². The largest absolute Gasteiger partial charge is 0.508 e. The van der Waals surface area contributed by atoms with Crippen LogP contribution in [0.5, 0.6) is 11.5 Å². The molecular weight excluding hydrogens is 366 g/mol. The Labute approximate surface area is 159 Å². The van der Waals surface area contributed by atoms with Crippen molar-refractivity contribution < 1.29 is 23.4 Å². The molecule has 6 nitrogen and oxygen atoms in total. The number of hydrogen-bond acceptors (Lipinski definition) is 6. The van der Waals surface area contributed by atoms with E-state index in [-0.39, 0.29) is 22.5 Å². The van der Waals surface area contributed by atoms with Crippen molar-refractivity contribution in [2.45, 2.75) is 30.4 Å². The van der Waals surface area contributed by atoms with E-state index in [2.05, 4.69) is 0 Å². The molecule has 0 aromatic heterocycles. The molecule has 146 valence electrons. The number of aliphatic hydroxyl groups is 1. The quantitative estimate of drug-likeness (QED) is 0.783. The molecule has 3 rings (SSSR count). The zero-order valence-corrected chi connectivity index (χ0v) is 16.1. The van der Waals surface area contributed by atoms with Crippen molar-refractivity contribution in [1.29, 1.82) is 0 Å². The summed E-state index contributed by atoms with van der Waals surface area (Å²) >= 11 is 0. The van der Waals surface area contributed by atoms with E-state index >= 15 is 0 Å². The maximum Gasteiger partial charge on any atom is 0.179 e. The first kappa shape index (κ1) is 19.7. The second kappa shape index (κ2) is 8.29. The zero-order valence-electron chi connectivity index (χ0n) is 15.3. The number of likely N-dealkylation sites (tertiary alicyclic amines) is 1. The van der Waals surface area contributed by atoms with Crippen LogP contribution in [-0.2, 0) is 9.84 Å². The summed E-state index contributed by atoms with van der Waals surface area (Å²) in [6.45, 7) is 3.39. The lowest BCUT2D eigenvalue weighted by atomic mass is 10.0. The molecular formula is C20H25NO5S. The molecule has 2 unspecified atom stereocenters. The molecule has 1 aliphatic rings. The third kappa shape index (κ3) is 5.22. The van der Waals surface area contributed by atoms with Crippen molar-refractivity contribution in [3.05, 3.63) is 54.1 Å². The number of aryl methyl sites for hydroxylation is 1. The average Bonchev–Trinajstić information content (AvgIpc) is 2.64. The van der Waals surface area contributed by atoms with Crippen LogP contribution >= 0.6 is 0 Å². The van der Waals surface area contributed by atoms with E-state index in [4.69, 9.17) is 4.74 Å². The molecule has 0 radical (unpaired) electrons. The van der Waals surface area contributed by atoms with Crippen LogP contribution in [0, 0.1) is 6.92 Å². The third-order valence-electron chi connectivity index (χ3n) is 4.78. The van der Waals surface area contributed by atoms with Gasteiger partial charge in [-0.15, -0.1) is 0 Å². The van der Waals surface area contributed by atoms with Crippen LogP contribution < -0.4 is 4.74 Å². The highest BCUT2D eigenvalue weighted by Crippen LogP contribution is 2.21. The van der Waals surface area contributed by atoms with Gasteiger partial charge in [-0.05, 0) is 49.7 Å². The lowest BCUT2D eigenvalue weighted by molar-refractivity contribution is -0.0235. The van der Waals surface area contributed by atoms with Crippen LogP contribution in [0.2, 0.25) is 0 Å². The Hall–Kier alpha value is -2.09. The summed E-state index contributed by atoms with van der Waals surface area (Å²) in [6.07, 6.45) is -0.331. The minimum absolute atomic E-state index is 0.0337. The molecule has 1 fully saturated rings. The highest BCUT2D eigenvalue weighted by molar-refractivity contribution is 7.91. The van der Waals surface area contributed by atoms with Gasteiger partial charge in [0.05, 0.1) is 10.6 Å². The maximum absolute atomic E-state index is 12.4. The van der Waals surface area contributed by atoms with E-state index < -0.39 is 15.9 Å². The first-order valence-electron chi connectivity index (χ1n) is 8.99. The summed E-state index contributed by atoms with van der Waals surface area (Å²) in [4.78, 5) is 2.14. The molecule has 0 bridgehead atoms.